The minimum Gasteiger partial charge on any atom is -0.291 e. The van der Waals surface area contributed by atoms with E-state index in [1.807, 2.05) is 6.92 Å². The van der Waals surface area contributed by atoms with Gasteiger partial charge in [0.1, 0.15) is 5.82 Å². The van der Waals surface area contributed by atoms with E-state index in [0.717, 1.165) is 10.9 Å². The Morgan fingerprint density at radius 1 is 1.30 bits per heavy atom. The van der Waals surface area contributed by atoms with Gasteiger partial charge >= 0.3 is 0 Å². The quantitative estimate of drug-likeness (QED) is 0.767. The van der Waals surface area contributed by atoms with Crippen LogP contribution in [0, 0.1) is 5.82 Å². The number of hydrogen-bond donors (Lipinski definition) is 2. The molecule has 8 heteroatoms. The smallest absolute Gasteiger partial charge is 0.274 e. The molecule has 0 fully saturated rings. The van der Waals surface area contributed by atoms with E-state index >= 15 is 0 Å². The molecule has 3 rings (SSSR count). The first kappa shape index (κ1) is 14.9. The third-order valence-electron chi connectivity index (χ3n) is 3.23. The van der Waals surface area contributed by atoms with Crippen molar-refractivity contribution < 1.29 is 9.18 Å². The maximum Gasteiger partial charge on any atom is 0.274 e. The molecule has 0 saturated heterocycles. The van der Waals surface area contributed by atoms with Gasteiger partial charge in [-0.15, -0.1) is 0 Å². The second kappa shape index (κ2) is 5.99. The van der Waals surface area contributed by atoms with Crippen LogP contribution in [-0.2, 0) is 6.42 Å². The van der Waals surface area contributed by atoms with Crippen LogP contribution in [0.4, 0.5) is 10.3 Å². The molecular formula is C15H14FN5O2. The van der Waals surface area contributed by atoms with Crippen LogP contribution in [0.1, 0.15) is 29.4 Å². The highest BCUT2D eigenvalue weighted by Crippen LogP contribution is 2.07. The van der Waals surface area contributed by atoms with E-state index < -0.39 is 11.7 Å². The predicted molar refractivity (Wildman–Crippen MR) is 82.0 cm³/mol. The van der Waals surface area contributed by atoms with E-state index in [2.05, 4.69) is 20.4 Å². The van der Waals surface area contributed by atoms with Crippen molar-refractivity contribution in [3.05, 3.63) is 57.8 Å². The molecule has 0 radical (unpaired) electrons. The molecule has 118 valence electrons. The van der Waals surface area contributed by atoms with Crippen molar-refractivity contribution in [1.29, 1.82) is 0 Å². The SMILES string of the molecule is CCCc1cc(=O)n2[nH]c(NC(=O)c3ccc(F)cc3)nc2n1. The summed E-state index contributed by atoms with van der Waals surface area (Å²) >= 11 is 0. The fourth-order valence-electron chi connectivity index (χ4n) is 2.15. The molecular weight excluding hydrogens is 301 g/mol. The second-order valence-corrected chi connectivity index (χ2v) is 5.00. The van der Waals surface area contributed by atoms with E-state index in [1.54, 1.807) is 0 Å². The molecule has 3 aromatic rings. The number of fused-ring (bicyclic) bond motifs is 1. The van der Waals surface area contributed by atoms with Gasteiger partial charge in [-0.05, 0) is 30.7 Å². The van der Waals surface area contributed by atoms with Crippen molar-refractivity contribution in [1.82, 2.24) is 19.6 Å². The average molecular weight is 315 g/mol. The molecule has 1 amide bonds. The number of nitrogens with one attached hydrogen (secondary N) is 2. The van der Waals surface area contributed by atoms with E-state index in [9.17, 15) is 14.0 Å². The van der Waals surface area contributed by atoms with Crippen molar-refractivity contribution in [2.24, 2.45) is 0 Å². The van der Waals surface area contributed by atoms with Crippen molar-refractivity contribution in [2.75, 3.05) is 5.32 Å². The number of hydrogen-bond acceptors (Lipinski definition) is 4. The number of aromatic nitrogens is 4. The monoisotopic (exact) mass is 315 g/mol. The number of aromatic amines is 1. The Hall–Kier alpha value is -3.03. The first-order valence-corrected chi connectivity index (χ1v) is 7.12. The van der Waals surface area contributed by atoms with Gasteiger partial charge in [0.15, 0.2) is 0 Å². The molecule has 7 nitrogen and oxygen atoms in total. The van der Waals surface area contributed by atoms with Crippen LogP contribution in [0.5, 0.6) is 0 Å². The van der Waals surface area contributed by atoms with Crippen molar-refractivity contribution in [3.8, 4) is 0 Å². The summed E-state index contributed by atoms with van der Waals surface area (Å²) in [6, 6.07) is 6.53. The number of halogens is 1. The Bertz CT molecular complexity index is 914. The Balaban J connectivity index is 1.88. The Kier molecular flexibility index (Phi) is 3.88. The molecule has 0 aliphatic rings. The number of H-pyrrole nitrogens is 1. The Morgan fingerprint density at radius 2 is 2.04 bits per heavy atom. The van der Waals surface area contributed by atoms with Crippen LogP contribution in [0.25, 0.3) is 5.78 Å². The summed E-state index contributed by atoms with van der Waals surface area (Å²) in [5.41, 5.74) is 0.632. The lowest BCUT2D eigenvalue weighted by Crippen LogP contribution is -2.16. The summed E-state index contributed by atoms with van der Waals surface area (Å²) in [4.78, 5) is 32.4. The lowest BCUT2D eigenvalue weighted by atomic mass is 10.2. The van der Waals surface area contributed by atoms with Crippen molar-refractivity contribution in [2.45, 2.75) is 19.8 Å². The summed E-state index contributed by atoms with van der Waals surface area (Å²) in [5, 5.41) is 5.19. The summed E-state index contributed by atoms with van der Waals surface area (Å²) < 4.78 is 14.0. The molecule has 23 heavy (non-hydrogen) atoms. The largest absolute Gasteiger partial charge is 0.291 e. The zero-order chi connectivity index (χ0) is 16.4. The normalized spacial score (nSPS) is 10.9. The average Bonchev–Trinajstić information content (AvgIpc) is 2.91. The topological polar surface area (TPSA) is 92.2 Å². The number of anilines is 1. The highest BCUT2D eigenvalue weighted by molar-refractivity contribution is 6.03. The van der Waals surface area contributed by atoms with Crippen molar-refractivity contribution >= 4 is 17.6 Å². The molecule has 2 aromatic heterocycles. The first-order valence-electron chi connectivity index (χ1n) is 7.12. The zero-order valence-electron chi connectivity index (χ0n) is 12.3. The van der Waals surface area contributed by atoms with Crippen molar-refractivity contribution in [3.63, 3.8) is 0 Å². The van der Waals surface area contributed by atoms with Crippen LogP contribution < -0.4 is 10.9 Å². The number of benzene rings is 1. The van der Waals surface area contributed by atoms with Gasteiger partial charge in [0.2, 0.25) is 5.95 Å². The van der Waals surface area contributed by atoms with Gasteiger partial charge in [0, 0.05) is 11.6 Å². The summed E-state index contributed by atoms with van der Waals surface area (Å²) in [6.07, 6.45) is 1.54. The maximum absolute atomic E-state index is 12.9. The fraction of sp³-hybridized carbons (Fsp3) is 0.200. The third kappa shape index (κ3) is 3.10. The number of carbonyl (C=O) groups excluding carboxylic acids is 1. The molecule has 2 N–H and O–H groups in total. The lowest BCUT2D eigenvalue weighted by Gasteiger charge is -2.00. The van der Waals surface area contributed by atoms with Gasteiger partial charge in [0.05, 0.1) is 5.69 Å². The van der Waals surface area contributed by atoms with Crippen LogP contribution in [0.3, 0.4) is 0 Å². The zero-order valence-corrected chi connectivity index (χ0v) is 12.3. The third-order valence-corrected chi connectivity index (χ3v) is 3.23. The molecule has 0 unspecified atom stereocenters. The number of rotatable bonds is 4. The molecule has 0 aliphatic carbocycles. The fourth-order valence-corrected chi connectivity index (χ4v) is 2.15. The van der Waals surface area contributed by atoms with Gasteiger partial charge in [-0.25, -0.2) is 9.37 Å². The number of amides is 1. The van der Waals surface area contributed by atoms with Crippen LogP contribution >= 0.6 is 0 Å². The van der Waals surface area contributed by atoms with Gasteiger partial charge in [-0.2, -0.15) is 9.50 Å². The Morgan fingerprint density at radius 3 is 2.74 bits per heavy atom. The van der Waals surface area contributed by atoms with E-state index in [-0.39, 0.29) is 22.8 Å². The van der Waals surface area contributed by atoms with Crippen LogP contribution in [0.2, 0.25) is 0 Å². The second-order valence-electron chi connectivity index (χ2n) is 5.00. The highest BCUT2D eigenvalue weighted by Gasteiger charge is 2.11. The molecule has 0 atom stereocenters. The first-order chi connectivity index (χ1) is 11.1. The minimum absolute atomic E-state index is 0.0950. The van der Waals surface area contributed by atoms with Crippen LogP contribution in [-0.4, -0.2) is 25.5 Å². The Labute approximate surface area is 130 Å². The summed E-state index contributed by atoms with van der Waals surface area (Å²) in [7, 11) is 0. The maximum atomic E-state index is 12.9. The van der Waals surface area contributed by atoms with Gasteiger partial charge < -0.3 is 0 Å². The van der Waals surface area contributed by atoms with E-state index in [1.165, 1.54) is 30.3 Å². The molecule has 0 aliphatic heterocycles. The molecule has 0 saturated carbocycles. The molecule has 0 spiro atoms. The summed E-state index contributed by atoms with van der Waals surface area (Å²) in [5.74, 6) is -0.608. The van der Waals surface area contributed by atoms with E-state index in [4.69, 9.17) is 0 Å². The lowest BCUT2D eigenvalue weighted by molar-refractivity contribution is 0.102. The minimum atomic E-state index is -0.467. The van der Waals surface area contributed by atoms with E-state index in [0.29, 0.717) is 12.1 Å². The molecule has 2 heterocycles. The highest BCUT2D eigenvalue weighted by atomic mass is 19.1. The number of aryl methyl sites for hydroxylation is 1. The molecule has 0 bridgehead atoms. The van der Waals surface area contributed by atoms with Gasteiger partial charge in [-0.3, -0.25) is 20.0 Å². The van der Waals surface area contributed by atoms with Gasteiger partial charge in [-0.1, -0.05) is 13.3 Å². The number of nitrogens with zero attached hydrogens (tertiary/aromatic N) is 3. The van der Waals surface area contributed by atoms with Gasteiger partial charge in [0.25, 0.3) is 17.2 Å². The standard InChI is InChI=1S/C15H14FN5O2/c1-2-3-11-8-12(22)21-15(17-11)19-14(20-21)18-13(23)9-4-6-10(16)7-5-9/h4-8H,2-3H2,1H3,(H2,17,18,19,20,23). The predicted octanol–water partition coefficient (Wildman–Crippen LogP) is 1.76. The van der Waals surface area contributed by atoms with Crippen LogP contribution in [0.15, 0.2) is 35.1 Å². The number of carbonyl (C=O) groups is 1. The summed E-state index contributed by atoms with van der Waals surface area (Å²) in [6.45, 7) is 1.99. The molecule has 1 aromatic carbocycles.